The van der Waals surface area contributed by atoms with Gasteiger partial charge in [-0.2, -0.15) is 8.42 Å². The molecular weight excluding hydrogens is 520 g/mol. The van der Waals surface area contributed by atoms with Crippen molar-refractivity contribution in [2.24, 2.45) is 4.40 Å². The number of fused-ring (bicyclic) bond motifs is 1. The van der Waals surface area contributed by atoms with Crippen LogP contribution in [0.5, 0.6) is 5.75 Å². The van der Waals surface area contributed by atoms with Gasteiger partial charge in [0, 0.05) is 35.5 Å². The first-order valence-electron chi connectivity index (χ1n) is 11.2. The highest BCUT2D eigenvalue weighted by molar-refractivity contribution is 7.90. The lowest BCUT2D eigenvalue weighted by Crippen LogP contribution is -2.23. The molecule has 3 aromatic carbocycles. The van der Waals surface area contributed by atoms with Gasteiger partial charge in [-0.05, 0) is 49.5 Å². The SMILES string of the molecule is CCN(CC)Cc1cc(NC2=NS(=O)(=O)c3ccccc32)ccc1OC(=O)c1cccc([N+](=O)[O-])c1.Cl. The number of rotatable bonds is 8. The number of nitro benzene ring substituents is 1. The molecule has 194 valence electrons. The first kappa shape index (κ1) is 27.8. The number of esters is 1. The van der Waals surface area contributed by atoms with Crippen molar-refractivity contribution in [2.45, 2.75) is 25.3 Å². The highest BCUT2D eigenvalue weighted by Crippen LogP contribution is 2.30. The first-order chi connectivity index (χ1) is 17.2. The lowest BCUT2D eigenvalue weighted by molar-refractivity contribution is -0.384. The number of amidine groups is 1. The predicted octanol–water partition coefficient (Wildman–Crippen LogP) is 4.64. The summed E-state index contributed by atoms with van der Waals surface area (Å²) in [6.45, 7) is 5.99. The predicted molar refractivity (Wildman–Crippen MR) is 142 cm³/mol. The van der Waals surface area contributed by atoms with Crippen molar-refractivity contribution in [2.75, 3.05) is 18.4 Å². The van der Waals surface area contributed by atoms with Crippen molar-refractivity contribution in [3.8, 4) is 5.75 Å². The second-order valence-corrected chi connectivity index (χ2v) is 9.59. The van der Waals surface area contributed by atoms with Crippen LogP contribution in [0.25, 0.3) is 0 Å². The number of hydrogen-bond donors (Lipinski definition) is 1. The van der Waals surface area contributed by atoms with Gasteiger partial charge in [0.15, 0.2) is 5.84 Å². The maximum Gasteiger partial charge on any atom is 0.343 e. The molecular formula is C25H25ClN4O6S. The lowest BCUT2D eigenvalue weighted by atomic mass is 10.1. The van der Waals surface area contributed by atoms with Gasteiger partial charge in [-0.25, -0.2) is 4.79 Å². The highest BCUT2D eigenvalue weighted by Gasteiger charge is 2.28. The minimum absolute atomic E-state index is 0. The van der Waals surface area contributed by atoms with Gasteiger partial charge in [0.2, 0.25) is 0 Å². The molecule has 0 aliphatic carbocycles. The summed E-state index contributed by atoms with van der Waals surface area (Å²) in [5.41, 5.74) is 1.57. The van der Waals surface area contributed by atoms with Crippen molar-refractivity contribution in [3.05, 3.63) is 93.5 Å². The summed E-state index contributed by atoms with van der Waals surface area (Å²) in [5, 5.41) is 14.1. The average molecular weight is 545 g/mol. The number of benzene rings is 3. The Morgan fingerprint density at radius 1 is 1.05 bits per heavy atom. The van der Waals surface area contributed by atoms with Crippen LogP contribution in [0, 0.1) is 10.1 Å². The number of hydrogen-bond acceptors (Lipinski definition) is 8. The van der Waals surface area contributed by atoms with Gasteiger partial charge in [0.1, 0.15) is 10.6 Å². The number of nitrogens with one attached hydrogen (secondary N) is 1. The Labute approximate surface area is 220 Å². The Hall–Kier alpha value is -3.80. The van der Waals surface area contributed by atoms with Gasteiger partial charge in [-0.1, -0.05) is 32.0 Å². The molecule has 0 bridgehead atoms. The zero-order chi connectivity index (χ0) is 25.9. The van der Waals surface area contributed by atoms with Crippen LogP contribution in [-0.4, -0.2) is 43.1 Å². The molecule has 3 aromatic rings. The quantitative estimate of drug-likeness (QED) is 0.188. The Balaban J connectivity index is 0.00000380. The smallest absolute Gasteiger partial charge is 0.343 e. The van der Waals surface area contributed by atoms with Crippen molar-refractivity contribution in [1.29, 1.82) is 0 Å². The second kappa shape index (κ2) is 11.5. The molecule has 0 unspecified atom stereocenters. The van der Waals surface area contributed by atoms with Gasteiger partial charge in [-0.3, -0.25) is 15.0 Å². The molecule has 37 heavy (non-hydrogen) atoms. The van der Waals surface area contributed by atoms with Gasteiger partial charge in [0.05, 0.1) is 10.5 Å². The maximum absolute atomic E-state index is 12.8. The van der Waals surface area contributed by atoms with Gasteiger partial charge >= 0.3 is 5.97 Å². The molecule has 1 N–H and O–H groups in total. The van der Waals surface area contributed by atoms with Crippen LogP contribution in [-0.2, 0) is 16.6 Å². The van der Waals surface area contributed by atoms with E-state index in [1.54, 1.807) is 36.4 Å². The standard InChI is InChI=1S/C25H24N4O6S.ClH/c1-3-28(4-2)16-18-14-19(26-24-21-10-5-6-11-23(21)36(33,34)27-24)12-13-22(18)35-25(30)17-8-7-9-20(15-17)29(31)32;/h5-15H,3-4,16H2,1-2H3,(H,26,27);1H. The number of ether oxygens (including phenoxy) is 1. The van der Waals surface area contributed by atoms with E-state index in [2.05, 4.69) is 14.6 Å². The van der Waals surface area contributed by atoms with E-state index in [0.717, 1.165) is 13.1 Å². The van der Waals surface area contributed by atoms with Crippen LogP contribution in [0.2, 0.25) is 0 Å². The summed E-state index contributed by atoms with van der Waals surface area (Å²) in [7, 11) is -3.78. The third-order valence-electron chi connectivity index (χ3n) is 5.74. The fourth-order valence-corrected chi connectivity index (χ4v) is 4.98. The summed E-state index contributed by atoms with van der Waals surface area (Å²) < 4.78 is 34.3. The van der Waals surface area contributed by atoms with E-state index in [1.807, 2.05) is 13.8 Å². The number of carbonyl (C=O) groups excluding carboxylic acids is 1. The molecule has 0 radical (unpaired) electrons. The van der Waals surface area contributed by atoms with E-state index in [1.165, 1.54) is 30.3 Å². The first-order valence-corrected chi connectivity index (χ1v) is 12.7. The summed E-state index contributed by atoms with van der Waals surface area (Å²) in [4.78, 5) is 25.5. The van der Waals surface area contributed by atoms with E-state index in [9.17, 15) is 23.3 Å². The van der Waals surface area contributed by atoms with Crippen molar-refractivity contribution in [1.82, 2.24) is 4.90 Å². The topological polar surface area (TPSA) is 131 Å². The third kappa shape index (κ3) is 6.13. The fourth-order valence-electron chi connectivity index (χ4n) is 3.81. The number of sulfonamides is 1. The minimum atomic E-state index is -3.78. The normalized spacial score (nSPS) is 13.3. The number of anilines is 1. The van der Waals surface area contributed by atoms with Crippen molar-refractivity contribution >= 4 is 45.6 Å². The average Bonchev–Trinajstić information content (AvgIpc) is 3.13. The van der Waals surface area contributed by atoms with E-state index in [-0.39, 0.29) is 34.4 Å². The number of carbonyl (C=O) groups is 1. The van der Waals surface area contributed by atoms with Crippen LogP contribution in [0.3, 0.4) is 0 Å². The molecule has 0 spiro atoms. The zero-order valence-electron chi connectivity index (χ0n) is 20.1. The minimum Gasteiger partial charge on any atom is -0.423 e. The van der Waals surface area contributed by atoms with E-state index < -0.39 is 20.9 Å². The molecule has 1 aliphatic heterocycles. The molecule has 0 atom stereocenters. The van der Waals surface area contributed by atoms with Crippen molar-refractivity contribution < 1.29 is 22.9 Å². The number of nitrogens with zero attached hydrogens (tertiary/aromatic N) is 3. The molecule has 4 rings (SSSR count). The van der Waals surface area contributed by atoms with Gasteiger partial charge < -0.3 is 10.1 Å². The Morgan fingerprint density at radius 2 is 1.78 bits per heavy atom. The van der Waals surface area contributed by atoms with Crippen LogP contribution in [0.4, 0.5) is 11.4 Å². The summed E-state index contributed by atoms with van der Waals surface area (Å²) in [6, 6.07) is 16.9. The molecule has 1 aliphatic rings. The van der Waals surface area contributed by atoms with Crippen LogP contribution in [0.1, 0.15) is 35.3 Å². The van der Waals surface area contributed by atoms with Gasteiger partial charge in [-0.15, -0.1) is 16.8 Å². The second-order valence-electron chi connectivity index (χ2n) is 8.02. The molecule has 0 saturated heterocycles. The third-order valence-corrected chi connectivity index (χ3v) is 7.07. The van der Waals surface area contributed by atoms with E-state index in [4.69, 9.17) is 4.74 Å². The van der Waals surface area contributed by atoms with E-state index >= 15 is 0 Å². The fraction of sp³-hybridized carbons (Fsp3) is 0.200. The summed E-state index contributed by atoms with van der Waals surface area (Å²) in [6.07, 6.45) is 0. The van der Waals surface area contributed by atoms with Crippen molar-refractivity contribution in [3.63, 3.8) is 0 Å². The molecule has 0 amide bonds. The van der Waals surface area contributed by atoms with E-state index in [0.29, 0.717) is 29.1 Å². The number of non-ortho nitro benzene ring substituents is 1. The maximum atomic E-state index is 12.8. The molecule has 12 heteroatoms. The highest BCUT2D eigenvalue weighted by atomic mass is 35.5. The largest absolute Gasteiger partial charge is 0.423 e. The monoisotopic (exact) mass is 544 g/mol. The molecule has 0 fully saturated rings. The molecule has 0 aromatic heterocycles. The summed E-state index contributed by atoms with van der Waals surface area (Å²) >= 11 is 0. The van der Waals surface area contributed by atoms with Crippen LogP contribution >= 0.6 is 12.4 Å². The Bertz CT molecular complexity index is 1470. The summed E-state index contributed by atoms with van der Waals surface area (Å²) in [5.74, 6) is -0.216. The number of nitro groups is 1. The van der Waals surface area contributed by atoms with Gasteiger partial charge in [0.25, 0.3) is 15.7 Å². The zero-order valence-corrected chi connectivity index (χ0v) is 21.7. The van der Waals surface area contributed by atoms with Crippen LogP contribution < -0.4 is 10.1 Å². The molecule has 10 nitrogen and oxygen atoms in total. The number of halogens is 1. The Kier molecular flexibility index (Phi) is 8.64. The Morgan fingerprint density at radius 3 is 2.49 bits per heavy atom. The lowest BCUT2D eigenvalue weighted by Gasteiger charge is -2.21. The van der Waals surface area contributed by atoms with Crippen LogP contribution in [0.15, 0.2) is 76.0 Å². The molecule has 1 heterocycles. The molecule has 0 saturated carbocycles.